The van der Waals surface area contributed by atoms with E-state index in [1.54, 1.807) is 0 Å². The van der Waals surface area contributed by atoms with E-state index in [-0.39, 0.29) is 0 Å². The first-order chi connectivity index (χ1) is 12.4. The molecule has 0 spiro atoms. The van der Waals surface area contributed by atoms with Gasteiger partial charge in [-0.2, -0.15) is 0 Å². The number of ether oxygens (including phenoxy) is 1. The first-order valence-corrected chi connectivity index (χ1v) is 8.37. The Morgan fingerprint density at radius 3 is 1.20 bits per heavy atom. The van der Waals surface area contributed by atoms with E-state index in [0.717, 1.165) is 11.5 Å². The minimum absolute atomic E-state index is 0.843. The molecule has 1 nitrogen and oxygen atoms in total. The highest BCUT2D eigenvalue weighted by molar-refractivity contribution is 5.70. The molecular formula is C24H18O. The summed E-state index contributed by atoms with van der Waals surface area (Å²) in [6.45, 7) is 0. The third-order valence-electron chi connectivity index (χ3n) is 4.16. The molecule has 25 heavy (non-hydrogen) atoms. The van der Waals surface area contributed by atoms with Crippen LogP contribution in [-0.2, 0) is 0 Å². The fraction of sp³-hybridized carbons (Fsp3) is 0. The second kappa shape index (κ2) is 7.06. The fourth-order valence-corrected chi connectivity index (χ4v) is 2.83. The van der Waals surface area contributed by atoms with Crippen molar-refractivity contribution in [2.75, 3.05) is 0 Å². The van der Waals surface area contributed by atoms with E-state index < -0.39 is 0 Å². The lowest BCUT2D eigenvalue weighted by atomic mass is 10.0. The van der Waals surface area contributed by atoms with Crippen molar-refractivity contribution in [1.29, 1.82) is 0 Å². The molecule has 0 atom stereocenters. The van der Waals surface area contributed by atoms with Crippen molar-refractivity contribution in [3.05, 3.63) is 109 Å². The Labute approximate surface area is 148 Å². The highest BCUT2D eigenvalue weighted by atomic mass is 16.5. The first-order valence-electron chi connectivity index (χ1n) is 8.37. The Morgan fingerprint density at radius 1 is 0.320 bits per heavy atom. The van der Waals surface area contributed by atoms with Gasteiger partial charge in [0.05, 0.1) is 0 Å². The number of hydrogen-bond donors (Lipinski definition) is 0. The van der Waals surface area contributed by atoms with E-state index >= 15 is 0 Å². The van der Waals surface area contributed by atoms with Crippen molar-refractivity contribution in [3.63, 3.8) is 0 Å². The summed E-state index contributed by atoms with van der Waals surface area (Å²) >= 11 is 0. The minimum Gasteiger partial charge on any atom is -0.457 e. The maximum atomic E-state index is 5.85. The minimum atomic E-state index is 0.843. The smallest absolute Gasteiger partial charge is 0.127 e. The van der Waals surface area contributed by atoms with Gasteiger partial charge in [-0.1, -0.05) is 84.9 Å². The highest BCUT2D eigenvalue weighted by Crippen LogP contribution is 2.27. The van der Waals surface area contributed by atoms with Gasteiger partial charge in [0.2, 0.25) is 0 Å². The molecule has 0 aromatic heterocycles. The SMILES string of the molecule is c1ccc(Oc2ccc(-c3ccc(-c4ccccc4)cc3)cc2)cc1. The second-order valence-corrected chi connectivity index (χ2v) is 5.88. The Balaban J connectivity index is 1.52. The molecule has 4 aromatic carbocycles. The molecule has 0 heterocycles. The monoisotopic (exact) mass is 322 g/mol. The molecule has 4 aromatic rings. The molecule has 0 fully saturated rings. The van der Waals surface area contributed by atoms with Gasteiger partial charge in [-0.15, -0.1) is 0 Å². The number of hydrogen-bond acceptors (Lipinski definition) is 1. The van der Waals surface area contributed by atoms with Crippen LogP contribution in [0.3, 0.4) is 0 Å². The topological polar surface area (TPSA) is 9.23 Å². The van der Waals surface area contributed by atoms with Crippen molar-refractivity contribution in [2.45, 2.75) is 0 Å². The molecule has 0 radical (unpaired) electrons. The molecule has 0 unspecified atom stereocenters. The zero-order valence-electron chi connectivity index (χ0n) is 13.8. The van der Waals surface area contributed by atoms with Gasteiger partial charge in [0.15, 0.2) is 0 Å². The first kappa shape index (κ1) is 15.2. The summed E-state index contributed by atoms with van der Waals surface area (Å²) in [5.41, 5.74) is 4.85. The molecule has 0 N–H and O–H groups in total. The summed E-state index contributed by atoms with van der Waals surface area (Å²) in [5.74, 6) is 1.69. The normalized spacial score (nSPS) is 10.4. The van der Waals surface area contributed by atoms with Gasteiger partial charge in [0, 0.05) is 0 Å². The third kappa shape index (κ3) is 3.61. The lowest BCUT2D eigenvalue weighted by Gasteiger charge is -2.08. The quantitative estimate of drug-likeness (QED) is 0.401. The third-order valence-corrected chi connectivity index (χ3v) is 4.16. The van der Waals surface area contributed by atoms with Gasteiger partial charge < -0.3 is 4.74 Å². The van der Waals surface area contributed by atoms with Crippen molar-refractivity contribution < 1.29 is 4.74 Å². The largest absolute Gasteiger partial charge is 0.457 e. The predicted octanol–water partition coefficient (Wildman–Crippen LogP) is 6.81. The lowest BCUT2D eigenvalue weighted by Crippen LogP contribution is -1.84. The zero-order chi connectivity index (χ0) is 16.9. The van der Waals surface area contributed by atoms with E-state index in [9.17, 15) is 0 Å². The van der Waals surface area contributed by atoms with Crippen LogP contribution in [-0.4, -0.2) is 0 Å². The Bertz CT molecular complexity index is 925. The molecule has 0 amide bonds. The van der Waals surface area contributed by atoms with Crippen molar-refractivity contribution in [1.82, 2.24) is 0 Å². The van der Waals surface area contributed by atoms with Crippen LogP contribution in [0.15, 0.2) is 109 Å². The van der Waals surface area contributed by atoms with E-state index in [2.05, 4.69) is 60.7 Å². The molecule has 0 aliphatic heterocycles. The van der Waals surface area contributed by atoms with Crippen molar-refractivity contribution >= 4 is 0 Å². The van der Waals surface area contributed by atoms with E-state index in [4.69, 9.17) is 4.74 Å². The van der Waals surface area contributed by atoms with Crippen LogP contribution in [0.5, 0.6) is 11.5 Å². The Kier molecular flexibility index (Phi) is 4.30. The average Bonchev–Trinajstić information content (AvgIpc) is 2.70. The predicted molar refractivity (Wildman–Crippen MR) is 104 cm³/mol. The van der Waals surface area contributed by atoms with E-state index in [0.29, 0.717) is 0 Å². The molecular weight excluding hydrogens is 304 g/mol. The standard InChI is InChI=1S/C24H18O/c1-3-7-19(8-4-1)20-11-13-21(14-12-20)22-15-17-24(18-16-22)25-23-9-5-2-6-10-23/h1-18H. The van der Waals surface area contributed by atoms with E-state index in [1.807, 2.05) is 48.5 Å². The van der Waals surface area contributed by atoms with Crippen LogP contribution in [0, 0.1) is 0 Å². The summed E-state index contributed by atoms with van der Waals surface area (Å²) in [6.07, 6.45) is 0. The molecule has 0 aliphatic carbocycles. The summed E-state index contributed by atoms with van der Waals surface area (Å²) in [4.78, 5) is 0. The van der Waals surface area contributed by atoms with Crippen LogP contribution in [0.1, 0.15) is 0 Å². The van der Waals surface area contributed by atoms with Crippen LogP contribution >= 0.6 is 0 Å². The molecule has 0 saturated carbocycles. The maximum Gasteiger partial charge on any atom is 0.127 e. The molecule has 120 valence electrons. The molecule has 0 aliphatic rings. The van der Waals surface area contributed by atoms with E-state index in [1.165, 1.54) is 22.3 Å². The van der Waals surface area contributed by atoms with Crippen LogP contribution < -0.4 is 4.74 Å². The van der Waals surface area contributed by atoms with Crippen LogP contribution in [0.2, 0.25) is 0 Å². The zero-order valence-corrected chi connectivity index (χ0v) is 13.8. The molecule has 4 rings (SSSR count). The number of benzene rings is 4. The highest BCUT2D eigenvalue weighted by Gasteiger charge is 2.02. The average molecular weight is 322 g/mol. The molecule has 0 saturated heterocycles. The van der Waals surface area contributed by atoms with Gasteiger partial charge >= 0.3 is 0 Å². The summed E-state index contributed by atoms with van der Waals surface area (Å²) < 4.78 is 5.85. The maximum absolute atomic E-state index is 5.85. The summed E-state index contributed by atoms with van der Waals surface area (Å²) in [5, 5.41) is 0. The second-order valence-electron chi connectivity index (χ2n) is 5.88. The number of rotatable bonds is 4. The molecule has 0 bridgehead atoms. The Hall–Kier alpha value is -3.32. The van der Waals surface area contributed by atoms with Gasteiger partial charge in [-0.05, 0) is 46.5 Å². The summed E-state index contributed by atoms with van der Waals surface area (Å²) in [6, 6.07) is 37.1. The molecule has 1 heteroatoms. The van der Waals surface area contributed by atoms with Gasteiger partial charge in [0.25, 0.3) is 0 Å². The lowest BCUT2D eigenvalue weighted by molar-refractivity contribution is 0.483. The van der Waals surface area contributed by atoms with Crippen molar-refractivity contribution in [3.8, 4) is 33.8 Å². The van der Waals surface area contributed by atoms with Gasteiger partial charge in [-0.3, -0.25) is 0 Å². The van der Waals surface area contributed by atoms with Gasteiger partial charge in [0.1, 0.15) is 11.5 Å². The fourth-order valence-electron chi connectivity index (χ4n) is 2.83. The van der Waals surface area contributed by atoms with Crippen LogP contribution in [0.25, 0.3) is 22.3 Å². The summed E-state index contributed by atoms with van der Waals surface area (Å²) in [7, 11) is 0. The van der Waals surface area contributed by atoms with Gasteiger partial charge in [-0.25, -0.2) is 0 Å². The van der Waals surface area contributed by atoms with Crippen LogP contribution in [0.4, 0.5) is 0 Å². The number of para-hydroxylation sites is 1. The van der Waals surface area contributed by atoms with Crippen molar-refractivity contribution in [2.24, 2.45) is 0 Å². The Morgan fingerprint density at radius 2 is 0.680 bits per heavy atom.